The maximum absolute atomic E-state index is 12.5. The van der Waals surface area contributed by atoms with Crippen molar-refractivity contribution in [3.05, 3.63) is 41.7 Å². The molecule has 2 aliphatic rings. The van der Waals surface area contributed by atoms with Crippen molar-refractivity contribution in [3.8, 4) is 6.07 Å². The van der Waals surface area contributed by atoms with Crippen LogP contribution >= 0.6 is 0 Å². The van der Waals surface area contributed by atoms with Gasteiger partial charge in [-0.1, -0.05) is 0 Å². The predicted molar refractivity (Wildman–Crippen MR) is 82.5 cm³/mol. The first-order valence-corrected chi connectivity index (χ1v) is 7.77. The number of nitrogens with zero attached hydrogens (tertiary/aromatic N) is 3. The Bertz CT molecular complexity index is 761. The van der Waals surface area contributed by atoms with Crippen LogP contribution in [0.3, 0.4) is 0 Å². The van der Waals surface area contributed by atoms with E-state index in [1.54, 1.807) is 18.2 Å². The molecule has 2 aromatic rings. The van der Waals surface area contributed by atoms with Crippen LogP contribution in [-0.4, -0.2) is 40.9 Å². The van der Waals surface area contributed by atoms with Gasteiger partial charge < -0.3 is 14.6 Å². The molecule has 112 valence electrons. The third-order valence-electron chi connectivity index (χ3n) is 4.85. The Balaban J connectivity index is 1.54. The molecule has 4 heterocycles. The predicted octanol–water partition coefficient (Wildman–Crippen LogP) is 1.63. The van der Waals surface area contributed by atoms with Gasteiger partial charge in [-0.05, 0) is 43.5 Å². The molecule has 5 nitrogen and oxygen atoms in total. The van der Waals surface area contributed by atoms with E-state index in [9.17, 15) is 4.79 Å². The zero-order valence-corrected chi connectivity index (χ0v) is 12.3. The van der Waals surface area contributed by atoms with Gasteiger partial charge in [-0.2, -0.15) is 5.26 Å². The number of rotatable bonds is 2. The van der Waals surface area contributed by atoms with Gasteiger partial charge in [-0.3, -0.25) is 4.79 Å². The largest absolute Gasteiger partial charge is 0.348 e. The number of fused-ring (bicyclic) bond motifs is 3. The number of hydrogen-bond donors (Lipinski definition) is 1. The van der Waals surface area contributed by atoms with Crippen LogP contribution in [0.2, 0.25) is 0 Å². The smallest absolute Gasteiger partial charge is 0.251 e. The van der Waals surface area contributed by atoms with Crippen molar-refractivity contribution in [2.75, 3.05) is 19.6 Å². The average molecular weight is 294 g/mol. The molecule has 3 atom stereocenters. The summed E-state index contributed by atoms with van der Waals surface area (Å²) in [6.07, 6.45) is 6.01. The Kier molecular flexibility index (Phi) is 3.12. The molecule has 2 aliphatic heterocycles. The first-order chi connectivity index (χ1) is 10.7. The third kappa shape index (κ3) is 2.26. The van der Waals surface area contributed by atoms with Crippen LogP contribution < -0.4 is 5.32 Å². The molecule has 5 heteroatoms. The van der Waals surface area contributed by atoms with Crippen LogP contribution in [0.25, 0.3) is 5.52 Å². The monoisotopic (exact) mass is 294 g/mol. The highest BCUT2D eigenvalue weighted by Crippen LogP contribution is 2.26. The van der Waals surface area contributed by atoms with Gasteiger partial charge in [0.2, 0.25) is 0 Å². The molecule has 0 aromatic carbocycles. The second-order valence-corrected chi connectivity index (χ2v) is 6.37. The molecule has 2 fully saturated rings. The zero-order chi connectivity index (χ0) is 15.1. The van der Waals surface area contributed by atoms with Crippen molar-refractivity contribution >= 4 is 11.4 Å². The summed E-state index contributed by atoms with van der Waals surface area (Å²) in [7, 11) is 0. The van der Waals surface area contributed by atoms with Crippen molar-refractivity contribution in [2.24, 2.45) is 5.92 Å². The lowest BCUT2D eigenvalue weighted by Gasteiger charge is -2.30. The standard InChI is InChI=1S/C17H18N4O/c18-9-14-3-6-21-5-2-13(8-16(14)21)17(22)19-15-7-12-1-4-20(10-12)11-15/h2-3,5-6,8,12,15H,1,4,7,10-11H2,(H,19,22). The number of carbonyl (C=O) groups excluding carboxylic acids is 1. The number of piperidine rings is 1. The number of carbonyl (C=O) groups is 1. The van der Waals surface area contributed by atoms with Crippen molar-refractivity contribution in [1.29, 1.82) is 5.26 Å². The third-order valence-corrected chi connectivity index (χ3v) is 4.85. The SMILES string of the molecule is N#Cc1ccn2ccc(C(=O)NC3CC4CCN(C4)C3)cc12. The number of amides is 1. The van der Waals surface area contributed by atoms with Crippen LogP contribution in [0.5, 0.6) is 0 Å². The first kappa shape index (κ1) is 13.4. The zero-order valence-electron chi connectivity index (χ0n) is 12.3. The molecule has 2 aromatic heterocycles. The Morgan fingerprint density at radius 3 is 3.00 bits per heavy atom. The quantitative estimate of drug-likeness (QED) is 0.916. The molecule has 2 saturated heterocycles. The second kappa shape index (κ2) is 5.15. The number of nitrogens with one attached hydrogen (secondary N) is 1. The molecule has 0 aliphatic carbocycles. The van der Waals surface area contributed by atoms with E-state index >= 15 is 0 Å². The molecule has 2 bridgehead atoms. The van der Waals surface area contributed by atoms with E-state index in [1.165, 1.54) is 19.5 Å². The van der Waals surface area contributed by atoms with Gasteiger partial charge in [-0.25, -0.2) is 0 Å². The van der Waals surface area contributed by atoms with Crippen molar-refractivity contribution in [1.82, 2.24) is 14.6 Å². The minimum Gasteiger partial charge on any atom is -0.348 e. The summed E-state index contributed by atoms with van der Waals surface area (Å²) in [5.74, 6) is 0.692. The lowest BCUT2D eigenvalue weighted by Crippen LogP contribution is -2.47. The fraction of sp³-hybridized carbons (Fsp3) is 0.412. The highest BCUT2D eigenvalue weighted by molar-refractivity contribution is 5.95. The molecule has 0 spiro atoms. The van der Waals surface area contributed by atoms with E-state index in [4.69, 9.17) is 5.26 Å². The molecule has 3 unspecified atom stereocenters. The van der Waals surface area contributed by atoms with Crippen LogP contribution in [-0.2, 0) is 0 Å². The van der Waals surface area contributed by atoms with Gasteiger partial charge in [0.25, 0.3) is 5.91 Å². The molecule has 0 saturated carbocycles. The lowest BCUT2D eigenvalue weighted by molar-refractivity contribution is 0.0909. The van der Waals surface area contributed by atoms with Crippen LogP contribution in [0.4, 0.5) is 0 Å². The summed E-state index contributed by atoms with van der Waals surface area (Å²) in [4.78, 5) is 14.9. The minimum absolute atomic E-state index is 0.0416. The molecule has 1 amide bonds. The number of nitriles is 1. The van der Waals surface area contributed by atoms with Crippen LogP contribution in [0.1, 0.15) is 28.8 Å². The van der Waals surface area contributed by atoms with Gasteiger partial charge >= 0.3 is 0 Å². The summed E-state index contributed by atoms with van der Waals surface area (Å²) in [5, 5.41) is 12.3. The van der Waals surface area contributed by atoms with Crippen LogP contribution in [0.15, 0.2) is 30.6 Å². The maximum atomic E-state index is 12.5. The van der Waals surface area contributed by atoms with Crippen molar-refractivity contribution < 1.29 is 4.79 Å². The number of aromatic nitrogens is 1. The van der Waals surface area contributed by atoms with E-state index in [1.807, 2.05) is 16.8 Å². The van der Waals surface area contributed by atoms with E-state index < -0.39 is 0 Å². The highest BCUT2D eigenvalue weighted by atomic mass is 16.1. The van der Waals surface area contributed by atoms with E-state index in [0.717, 1.165) is 24.4 Å². The topological polar surface area (TPSA) is 60.5 Å². The fourth-order valence-electron chi connectivity index (χ4n) is 3.77. The van der Waals surface area contributed by atoms with Gasteiger partial charge in [0, 0.05) is 37.1 Å². The number of hydrogen-bond acceptors (Lipinski definition) is 3. The summed E-state index contributed by atoms with van der Waals surface area (Å²) >= 11 is 0. The van der Waals surface area contributed by atoms with E-state index in [0.29, 0.717) is 11.1 Å². The molecule has 22 heavy (non-hydrogen) atoms. The molecule has 4 rings (SSSR count). The highest BCUT2D eigenvalue weighted by Gasteiger charge is 2.32. The lowest BCUT2D eigenvalue weighted by atomic mass is 9.96. The van der Waals surface area contributed by atoms with Gasteiger partial charge in [0.05, 0.1) is 11.1 Å². The summed E-state index contributed by atoms with van der Waals surface area (Å²) in [6.45, 7) is 3.31. The second-order valence-electron chi connectivity index (χ2n) is 6.37. The van der Waals surface area contributed by atoms with Crippen molar-refractivity contribution in [2.45, 2.75) is 18.9 Å². The van der Waals surface area contributed by atoms with Gasteiger partial charge in [0.1, 0.15) is 6.07 Å². The maximum Gasteiger partial charge on any atom is 0.251 e. The average Bonchev–Trinajstić information content (AvgIpc) is 3.09. The summed E-state index contributed by atoms with van der Waals surface area (Å²) in [5.41, 5.74) is 2.00. The van der Waals surface area contributed by atoms with Crippen molar-refractivity contribution in [3.63, 3.8) is 0 Å². The Morgan fingerprint density at radius 1 is 1.32 bits per heavy atom. The number of pyridine rings is 1. The van der Waals surface area contributed by atoms with E-state index in [2.05, 4.69) is 16.3 Å². The van der Waals surface area contributed by atoms with Gasteiger partial charge in [0.15, 0.2) is 0 Å². The molecular formula is C17H18N4O. The fourth-order valence-corrected chi connectivity index (χ4v) is 3.77. The Labute approximate surface area is 129 Å². The summed E-state index contributed by atoms with van der Waals surface area (Å²) in [6, 6.07) is 7.77. The summed E-state index contributed by atoms with van der Waals surface area (Å²) < 4.78 is 1.86. The van der Waals surface area contributed by atoms with E-state index in [-0.39, 0.29) is 11.9 Å². The first-order valence-electron chi connectivity index (χ1n) is 7.77. The molecular weight excluding hydrogens is 276 g/mol. The Morgan fingerprint density at radius 2 is 2.18 bits per heavy atom. The normalized spacial score (nSPS) is 26.8. The van der Waals surface area contributed by atoms with Gasteiger partial charge in [-0.15, -0.1) is 0 Å². The van der Waals surface area contributed by atoms with Crippen LogP contribution in [0, 0.1) is 17.2 Å². The Hall–Kier alpha value is -2.32. The minimum atomic E-state index is -0.0416. The molecule has 0 radical (unpaired) electrons. The molecule has 1 N–H and O–H groups in total.